The number of hydrogen-bond acceptors (Lipinski definition) is 8. The minimum Gasteiger partial charge on any atom is -0.442 e. The van der Waals surface area contributed by atoms with Crippen LogP contribution in [0.4, 0.5) is 4.79 Å². The van der Waals surface area contributed by atoms with Crippen LogP contribution >= 0.6 is 0 Å². The van der Waals surface area contributed by atoms with E-state index in [0.717, 1.165) is 37.9 Å². The smallest absolute Gasteiger partial charge is 0.410 e. The van der Waals surface area contributed by atoms with Gasteiger partial charge in [0, 0.05) is 45.1 Å². The first-order valence-electron chi connectivity index (χ1n) is 15.2. The average molecular weight is 589 g/mol. The van der Waals surface area contributed by atoms with Crippen LogP contribution in [0.5, 0.6) is 0 Å². The number of epoxide rings is 1. The summed E-state index contributed by atoms with van der Waals surface area (Å²) in [6.07, 6.45) is 11.3. The molecule has 0 bridgehead atoms. The number of amides is 3. The second kappa shape index (κ2) is 14.6. The Balaban J connectivity index is 1.19. The highest BCUT2D eigenvalue weighted by Crippen LogP contribution is 2.43. The standard InChI is InChI=1S/C31H48N4O7/c1-20(5-8-24-17-31(19-39-31)18-25(42-24)16-28(32)36)6-9-27-21(2)15-26(23(4)41-27)34-29(37)10-7-22(3)40-30(38)35-13-11-33-12-14-35/h5-8,10,21-27,33H,9,11-19H2,1-4H3,(H2,32,36)(H,34,37)/b8-5+,10-7-,20-6+/t21-,22-,23+,24+,25+,26+,27-,31?/m0/s1. The van der Waals surface area contributed by atoms with Gasteiger partial charge >= 0.3 is 6.09 Å². The van der Waals surface area contributed by atoms with Crippen molar-refractivity contribution in [1.29, 1.82) is 0 Å². The van der Waals surface area contributed by atoms with Crippen molar-refractivity contribution in [2.75, 3.05) is 32.8 Å². The number of carbonyl (C=O) groups excluding carboxylic acids is 3. The van der Waals surface area contributed by atoms with Gasteiger partial charge in [0.25, 0.3) is 0 Å². The van der Waals surface area contributed by atoms with Crippen LogP contribution in [-0.2, 0) is 28.5 Å². The molecule has 0 aromatic heterocycles. The van der Waals surface area contributed by atoms with Gasteiger partial charge in [-0.2, -0.15) is 0 Å². The summed E-state index contributed by atoms with van der Waals surface area (Å²) >= 11 is 0. The maximum absolute atomic E-state index is 12.6. The number of nitrogens with one attached hydrogen (secondary N) is 2. The first kappa shape index (κ1) is 32.2. The average Bonchev–Trinajstić information content (AvgIpc) is 3.69. The molecule has 4 rings (SSSR count). The molecule has 4 aliphatic rings. The van der Waals surface area contributed by atoms with Crippen molar-refractivity contribution in [2.45, 2.75) is 102 Å². The minimum atomic E-state index is -0.505. The first-order chi connectivity index (χ1) is 20.0. The Kier molecular flexibility index (Phi) is 11.2. The van der Waals surface area contributed by atoms with Crippen molar-refractivity contribution >= 4 is 17.9 Å². The van der Waals surface area contributed by atoms with E-state index in [-0.39, 0.29) is 66.3 Å². The summed E-state index contributed by atoms with van der Waals surface area (Å²) in [6, 6.07) is -0.106. The summed E-state index contributed by atoms with van der Waals surface area (Å²) in [6.45, 7) is 11.4. The fourth-order valence-electron chi connectivity index (χ4n) is 5.92. The Morgan fingerprint density at radius 2 is 1.90 bits per heavy atom. The Morgan fingerprint density at radius 1 is 1.17 bits per heavy atom. The van der Waals surface area contributed by atoms with Crippen LogP contribution in [0.1, 0.15) is 59.8 Å². The number of allylic oxidation sites excluding steroid dienone is 2. The topological polar surface area (TPSA) is 145 Å². The predicted molar refractivity (Wildman–Crippen MR) is 157 cm³/mol. The largest absolute Gasteiger partial charge is 0.442 e. The predicted octanol–water partition coefficient (Wildman–Crippen LogP) is 2.36. The fraction of sp³-hybridized carbons (Fsp3) is 0.710. The van der Waals surface area contributed by atoms with E-state index in [1.54, 1.807) is 17.9 Å². The summed E-state index contributed by atoms with van der Waals surface area (Å²) in [7, 11) is 0. The molecule has 4 aliphatic heterocycles. The van der Waals surface area contributed by atoms with Crippen LogP contribution in [0, 0.1) is 5.92 Å². The summed E-state index contributed by atoms with van der Waals surface area (Å²) < 4.78 is 23.5. The molecular formula is C31H48N4O7. The number of ether oxygens (including phenoxy) is 4. The van der Waals surface area contributed by atoms with Crippen LogP contribution < -0.4 is 16.4 Å². The minimum absolute atomic E-state index is 0.0467. The molecule has 0 aliphatic carbocycles. The third-order valence-electron chi connectivity index (χ3n) is 8.49. The molecule has 4 heterocycles. The number of rotatable bonds is 10. The number of nitrogens with two attached hydrogens (primary N) is 1. The molecule has 1 spiro atoms. The van der Waals surface area contributed by atoms with Crippen molar-refractivity contribution < 1.29 is 33.3 Å². The lowest BCUT2D eigenvalue weighted by Crippen LogP contribution is -2.50. The highest BCUT2D eigenvalue weighted by atomic mass is 16.6. The Hall–Kier alpha value is -2.73. The van der Waals surface area contributed by atoms with Gasteiger partial charge in [-0.1, -0.05) is 30.7 Å². The van der Waals surface area contributed by atoms with E-state index >= 15 is 0 Å². The molecule has 8 atom stereocenters. The highest BCUT2D eigenvalue weighted by Gasteiger charge is 2.51. The molecule has 4 saturated heterocycles. The van der Waals surface area contributed by atoms with E-state index in [0.29, 0.717) is 26.1 Å². The maximum Gasteiger partial charge on any atom is 0.410 e. The fourth-order valence-corrected chi connectivity index (χ4v) is 5.92. The van der Waals surface area contributed by atoms with Gasteiger partial charge in [0.2, 0.25) is 11.8 Å². The molecule has 11 heteroatoms. The third-order valence-corrected chi connectivity index (χ3v) is 8.49. The van der Waals surface area contributed by atoms with Crippen molar-refractivity contribution in [2.24, 2.45) is 11.7 Å². The molecule has 1 unspecified atom stereocenters. The second-order valence-electron chi connectivity index (χ2n) is 12.3. The van der Waals surface area contributed by atoms with Gasteiger partial charge in [0.15, 0.2) is 0 Å². The molecule has 3 amide bonds. The lowest BCUT2D eigenvalue weighted by molar-refractivity contribution is -0.125. The van der Waals surface area contributed by atoms with Crippen molar-refractivity contribution in [1.82, 2.24) is 15.5 Å². The van der Waals surface area contributed by atoms with E-state index in [4.69, 9.17) is 24.7 Å². The second-order valence-corrected chi connectivity index (χ2v) is 12.3. The summed E-state index contributed by atoms with van der Waals surface area (Å²) in [5.41, 5.74) is 6.33. The molecule has 0 aromatic rings. The van der Waals surface area contributed by atoms with Crippen molar-refractivity contribution in [3.05, 3.63) is 36.0 Å². The number of piperazine rings is 1. The summed E-state index contributed by atoms with van der Waals surface area (Å²) in [5, 5.41) is 6.25. The summed E-state index contributed by atoms with van der Waals surface area (Å²) in [5.74, 6) is -0.330. The molecule has 234 valence electrons. The third kappa shape index (κ3) is 9.65. The van der Waals surface area contributed by atoms with Gasteiger partial charge in [-0.15, -0.1) is 0 Å². The van der Waals surface area contributed by atoms with Gasteiger partial charge in [-0.05, 0) is 45.6 Å². The monoisotopic (exact) mass is 588 g/mol. The van der Waals surface area contributed by atoms with E-state index < -0.39 is 6.10 Å². The van der Waals surface area contributed by atoms with Gasteiger partial charge in [-0.3, -0.25) is 9.59 Å². The maximum atomic E-state index is 12.6. The SMILES string of the molecule is CC(/C=C/[C@@H]1CC2(CO2)C[C@@H](CC(N)=O)O1)=C\C[C@@H]1O[C@H](C)[C@H](NC(=O)/C=C\[C@H](C)OC(=O)N2CCNCC2)C[C@@H]1C. The van der Waals surface area contributed by atoms with E-state index in [1.807, 2.05) is 13.0 Å². The zero-order valence-electron chi connectivity index (χ0n) is 25.4. The zero-order valence-corrected chi connectivity index (χ0v) is 25.4. The van der Waals surface area contributed by atoms with Crippen LogP contribution in [0.2, 0.25) is 0 Å². The molecule has 4 N–H and O–H groups in total. The number of primary amides is 1. The normalized spacial score (nSPS) is 34.5. The molecule has 0 saturated carbocycles. The van der Waals surface area contributed by atoms with Crippen LogP contribution in [0.3, 0.4) is 0 Å². The first-order valence-corrected chi connectivity index (χ1v) is 15.2. The lowest BCUT2D eigenvalue weighted by atomic mass is 9.88. The lowest BCUT2D eigenvalue weighted by Gasteiger charge is -2.39. The van der Waals surface area contributed by atoms with Gasteiger partial charge in [0.1, 0.15) is 6.10 Å². The Bertz CT molecular complexity index is 1050. The van der Waals surface area contributed by atoms with Crippen molar-refractivity contribution in [3.63, 3.8) is 0 Å². The van der Waals surface area contributed by atoms with E-state index in [9.17, 15) is 14.4 Å². The molecule has 0 aromatic carbocycles. The van der Waals surface area contributed by atoms with E-state index in [1.165, 1.54) is 6.08 Å². The molecular weight excluding hydrogens is 540 g/mol. The van der Waals surface area contributed by atoms with Gasteiger partial charge < -0.3 is 40.2 Å². The van der Waals surface area contributed by atoms with Crippen LogP contribution in [0.25, 0.3) is 0 Å². The van der Waals surface area contributed by atoms with Crippen LogP contribution in [0.15, 0.2) is 36.0 Å². The zero-order chi connectivity index (χ0) is 30.3. The van der Waals surface area contributed by atoms with Crippen molar-refractivity contribution in [3.8, 4) is 0 Å². The quantitative estimate of drug-likeness (QED) is 0.200. The number of hydrogen-bond donors (Lipinski definition) is 3. The van der Waals surface area contributed by atoms with Gasteiger partial charge in [-0.25, -0.2) is 4.79 Å². The van der Waals surface area contributed by atoms with E-state index in [2.05, 4.69) is 36.6 Å². The Morgan fingerprint density at radius 3 is 2.60 bits per heavy atom. The molecule has 4 fully saturated rings. The van der Waals surface area contributed by atoms with Gasteiger partial charge in [0.05, 0.1) is 49.1 Å². The summed E-state index contributed by atoms with van der Waals surface area (Å²) in [4.78, 5) is 37.9. The Labute approximate surface area is 249 Å². The van der Waals surface area contributed by atoms with Crippen LogP contribution in [-0.4, -0.2) is 97.8 Å². The number of carbonyl (C=O) groups is 3. The molecule has 0 radical (unpaired) electrons. The highest BCUT2D eigenvalue weighted by molar-refractivity contribution is 5.87. The molecule has 42 heavy (non-hydrogen) atoms. The molecule has 11 nitrogen and oxygen atoms in total. The number of nitrogens with zero attached hydrogens (tertiary/aromatic N) is 1.